The van der Waals surface area contributed by atoms with Crippen LogP contribution in [0.4, 0.5) is 18.9 Å². The van der Waals surface area contributed by atoms with Gasteiger partial charge in [-0.2, -0.15) is 0 Å². The predicted molar refractivity (Wildman–Crippen MR) is 101 cm³/mol. The zero-order valence-corrected chi connectivity index (χ0v) is 15.9. The SMILES string of the molecule is CCCN(CC(=O)Nc1ccc(F)c(F)c1F)C(=O)CCc1ccc(C)cc1. The minimum Gasteiger partial charge on any atom is -0.333 e. The highest BCUT2D eigenvalue weighted by Crippen LogP contribution is 2.19. The molecule has 150 valence electrons. The van der Waals surface area contributed by atoms with Gasteiger partial charge in [0.25, 0.3) is 0 Å². The van der Waals surface area contributed by atoms with E-state index in [1.54, 1.807) is 0 Å². The Balaban J connectivity index is 1.97. The van der Waals surface area contributed by atoms with Crippen molar-refractivity contribution in [3.8, 4) is 0 Å². The van der Waals surface area contributed by atoms with Crippen LogP contribution in [0.3, 0.4) is 0 Å². The van der Waals surface area contributed by atoms with Crippen LogP contribution in [0.15, 0.2) is 36.4 Å². The number of nitrogens with one attached hydrogen (secondary N) is 1. The molecule has 7 heteroatoms. The van der Waals surface area contributed by atoms with Gasteiger partial charge in [-0.05, 0) is 37.5 Å². The van der Waals surface area contributed by atoms with Crippen molar-refractivity contribution >= 4 is 17.5 Å². The number of carbonyl (C=O) groups is 2. The molecule has 0 aliphatic carbocycles. The molecule has 2 aromatic rings. The monoisotopic (exact) mass is 392 g/mol. The number of carbonyl (C=O) groups excluding carboxylic acids is 2. The Labute approximate surface area is 162 Å². The zero-order chi connectivity index (χ0) is 20.7. The topological polar surface area (TPSA) is 49.4 Å². The number of benzene rings is 2. The van der Waals surface area contributed by atoms with Crippen molar-refractivity contribution in [1.82, 2.24) is 4.90 Å². The van der Waals surface area contributed by atoms with Crippen LogP contribution in [0.1, 0.15) is 30.9 Å². The van der Waals surface area contributed by atoms with E-state index in [0.29, 0.717) is 19.4 Å². The van der Waals surface area contributed by atoms with Gasteiger partial charge in [-0.3, -0.25) is 9.59 Å². The number of amides is 2. The molecule has 0 aliphatic heterocycles. The first-order valence-corrected chi connectivity index (χ1v) is 9.08. The molecule has 0 aromatic heterocycles. The van der Waals surface area contributed by atoms with Crippen LogP contribution >= 0.6 is 0 Å². The van der Waals surface area contributed by atoms with Crippen molar-refractivity contribution in [3.63, 3.8) is 0 Å². The lowest BCUT2D eigenvalue weighted by Gasteiger charge is -2.22. The smallest absolute Gasteiger partial charge is 0.244 e. The van der Waals surface area contributed by atoms with Gasteiger partial charge in [0.05, 0.1) is 12.2 Å². The van der Waals surface area contributed by atoms with E-state index >= 15 is 0 Å². The van der Waals surface area contributed by atoms with Crippen molar-refractivity contribution in [1.29, 1.82) is 0 Å². The molecular formula is C21H23F3N2O2. The van der Waals surface area contributed by atoms with Gasteiger partial charge in [0.2, 0.25) is 11.8 Å². The Morgan fingerprint density at radius 3 is 2.32 bits per heavy atom. The Hall–Kier alpha value is -2.83. The van der Waals surface area contributed by atoms with Crippen LogP contribution in [-0.4, -0.2) is 29.8 Å². The molecule has 4 nitrogen and oxygen atoms in total. The lowest BCUT2D eigenvalue weighted by atomic mass is 10.1. The van der Waals surface area contributed by atoms with Crippen molar-refractivity contribution in [2.45, 2.75) is 33.1 Å². The van der Waals surface area contributed by atoms with Gasteiger partial charge in [0.1, 0.15) is 0 Å². The molecule has 2 rings (SSSR count). The first-order valence-electron chi connectivity index (χ1n) is 9.08. The third-order valence-electron chi connectivity index (χ3n) is 4.24. The number of nitrogens with zero attached hydrogens (tertiary/aromatic N) is 1. The lowest BCUT2D eigenvalue weighted by molar-refractivity contribution is -0.134. The number of aryl methyl sites for hydroxylation is 2. The molecule has 28 heavy (non-hydrogen) atoms. The minimum atomic E-state index is -1.66. The number of hydrogen-bond donors (Lipinski definition) is 1. The van der Waals surface area contributed by atoms with E-state index in [4.69, 9.17) is 0 Å². The molecule has 0 spiro atoms. The van der Waals surface area contributed by atoms with Crippen molar-refractivity contribution in [3.05, 3.63) is 65.0 Å². The first-order chi connectivity index (χ1) is 13.3. The van der Waals surface area contributed by atoms with Crippen molar-refractivity contribution in [2.75, 3.05) is 18.4 Å². The summed E-state index contributed by atoms with van der Waals surface area (Å²) in [7, 11) is 0. The maximum absolute atomic E-state index is 13.7. The summed E-state index contributed by atoms with van der Waals surface area (Å²) >= 11 is 0. The summed E-state index contributed by atoms with van der Waals surface area (Å²) in [5, 5.41) is 2.19. The minimum absolute atomic E-state index is 0.205. The quantitative estimate of drug-likeness (QED) is 0.684. The number of halogens is 3. The summed E-state index contributed by atoms with van der Waals surface area (Å²) in [6, 6.07) is 9.50. The fraction of sp³-hybridized carbons (Fsp3) is 0.333. The standard InChI is InChI=1S/C21H23F3N2O2/c1-3-12-26(19(28)11-8-15-6-4-14(2)5-7-15)13-18(27)25-17-10-9-16(22)20(23)21(17)24/h4-7,9-10H,3,8,11-13H2,1-2H3,(H,25,27). The Bertz CT molecular complexity index is 838. The maximum atomic E-state index is 13.7. The highest BCUT2D eigenvalue weighted by molar-refractivity contribution is 5.94. The Morgan fingerprint density at radius 2 is 1.68 bits per heavy atom. The van der Waals surface area contributed by atoms with Gasteiger partial charge < -0.3 is 10.2 Å². The molecule has 0 fully saturated rings. The highest BCUT2D eigenvalue weighted by Gasteiger charge is 2.19. The normalized spacial score (nSPS) is 10.6. The fourth-order valence-corrected chi connectivity index (χ4v) is 2.71. The summed E-state index contributed by atoms with van der Waals surface area (Å²) < 4.78 is 39.9. The molecular weight excluding hydrogens is 369 g/mol. The van der Waals surface area contributed by atoms with Crippen LogP contribution in [0.5, 0.6) is 0 Å². The van der Waals surface area contributed by atoms with E-state index < -0.39 is 29.0 Å². The van der Waals surface area contributed by atoms with Crippen LogP contribution < -0.4 is 5.32 Å². The van der Waals surface area contributed by atoms with Gasteiger partial charge in [-0.15, -0.1) is 0 Å². The Kier molecular flexibility index (Phi) is 7.61. The van der Waals surface area contributed by atoms with E-state index in [1.807, 2.05) is 38.1 Å². The van der Waals surface area contributed by atoms with Crippen LogP contribution in [0.2, 0.25) is 0 Å². The summed E-state index contributed by atoms with van der Waals surface area (Å²) in [6.07, 6.45) is 1.41. The molecule has 0 bridgehead atoms. The fourth-order valence-electron chi connectivity index (χ4n) is 2.71. The molecule has 2 amide bonds. The predicted octanol–water partition coefficient (Wildman–Crippen LogP) is 4.22. The largest absolute Gasteiger partial charge is 0.333 e. The van der Waals surface area contributed by atoms with Gasteiger partial charge in [0.15, 0.2) is 17.5 Å². The number of anilines is 1. The van der Waals surface area contributed by atoms with Crippen LogP contribution in [0, 0.1) is 24.4 Å². The van der Waals surface area contributed by atoms with Crippen molar-refractivity contribution in [2.24, 2.45) is 0 Å². The van der Waals surface area contributed by atoms with Crippen molar-refractivity contribution < 1.29 is 22.8 Å². The number of rotatable bonds is 8. The van der Waals surface area contributed by atoms with Gasteiger partial charge in [-0.25, -0.2) is 13.2 Å². The molecule has 0 unspecified atom stereocenters. The van der Waals surface area contributed by atoms with E-state index in [2.05, 4.69) is 5.32 Å². The molecule has 0 radical (unpaired) electrons. The van der Waals surface area contributed by atoms with E-state index in [1.165, 1.54) is 4.90 Å². The summed E-state index contributed by atoms with van der Waals surface area (Å²) in [5.74, 6) is -5.35. The van der Waals surface area contributed by atoms with Crippen LogP contribution in [0.25, 0.3) is 0 Å². The van der Waals surface area contributed by atoms with E-state index in [-0.39, 0.29) is 18.9 Å². The summed E-state index contributed by atoms with van der Waals surface area (Å²) in [5.41, 5.74) is 1.68. The second-order valence-electron chi connectivity index (χ2n) is 6.57. The van der Waals surface area contributed by atoms with Gasteiger partial charge in [-0.1, -0.05) is 36.8 Å². The molecule has 2 aromatic carbocycles. The van der Waals surface area contributed by atoms with E-state index in [0.717, 1.165) is 23.3 Å². The summed E-state index contributed by atoms with van der Waals surface area (Å²) in [4.78, 5) is 26.0. The molecule has 0 heterocycles. The van der Waals surface area contributed by atoms with Gasteiger partial charge >= 0.3 is 0 Å². The molecule has 0 saturated heterocycles. The van der Waals surface area contributed by atoms with Crippen LogP contribution in [-0.2, 0) is 16.0 Å². The van der Waals surface area contributed by atoms with E-state index in [9.17, 15) is 22.8 Å². The molecule has 1 N–H and O–H groups in total. The lowest BCUT2D eigenvalue weighted by Crippen LogP contribution is -2.38. The Morgan fingerprint density at radius 1 is 1.00 bits per heavy atom. The summed E-state index contributed by atoms with van der Waals surface area (Å²) in [6.45, 7) is 3.92. The maximum Gasteiger partial charge on any atom is 0.244 e. The average molecular weight is 392 g/mol. The third kappa shape index (κ3) is 5.84. The number of hydrogen-bond acceptors (Lipinski definition) is 2. The highest BCUT2D eigenvalue weighted by atomic mass is 19.2. The second kappa shape index (κ2) is 9.92. The third-order valence-corrected chi connectivity index (χ3v) is 4.24. The molecule has 0 atom stereocenters. The first kappa shape index (κ1) is 21.5. The second-order valence-corrected chi connectivity index (χ2v) is 6.57. The zero-order valence-electron chi connectivity index (χ0n) is 15.9. The average Bonchev–Trinajstić information content (AvgIpc) is 2.67. The van der Waals surface area contributed by atoms with Gasteiger partial charge in [0, 0.05) is 13.0 Å². The molecule has 0 aliphatic rings. The molecule has 0 saturated carbocycles.